The smallest absolute Gasteiger partial charge is 0.267 e. The number of nitrogens with zero attached hydrogens (tertiary/aromatic N) is 2. The van der Waals surface area contributed by atoms with Crippen molar-refractivity contribution in [3.8, 4) is 11.4 Å². The number of fused-ring (bicyclic) bond motifs is 3. The molecule has 0 saturated carbocycles. The van der Waals surface area contributed by atoms with Gasteiger partial charge in [-0.25, -0.2) is 4.98 Å². The molecule has 0 saturated heterocycles. The molecule has 0 fully saturated rings. The van der Waals surface area contributed by atoms with Gasteiger partial charge in [0.15, 0.2) is 5.16 Å². The Bertz CT molecular complexity index is 1170. The Balaban J connectivity index is 2.02. The molecule has 29 heavy (non-hydrogen) atoms. The van der Waals surface area contributed by atoms with Crippen LogP contribution in [0.3, 0.4) is 0 Å². The highest BCUT2D eigenvalue weighted by Gasteiger charge is 2.26. The highest BCUT2D eigenvalue weighted by molar-refractivity contribution is 7.99. The van der Waals surface area contributed by atoms with Crippen LogP contribution in [-0.2, 0) is 17.6 Å². The standard InChI is InChI=1S/C20H20ClN3O3S2/c1-10-3-5-12-15(7-10)29-18-17(12)19(26)24(20(23-18)28-9-16(22)25)13-8-11(21)4-6-14(13)27-2/h4,6,8,10H,3,5,7,9H2,1-2H3,(H2,22,25)/t10-/m0/s1. The molecule has 152 valence electrons. The molecule has 1 atom stereocenters. The summed E-state index contributed by atoms with van der Waals surface area (Å²) in [5, 5.41) is 1.52. The van der Waals surface area contributed by atoms with Gasteiger partial charge < -0.3 is 10.5 Å². The van der Waals surface area contributed by atoms with E-state index in [2.05, 4.69) is 6.92 Å². The van der Waals surface area contributed by atoms with Gasteiger partial charge in [-0.2, -0.15) is 0 Å². The second kappa shape index (κ2) is 8.01. The summed E-state index contributed by atoms with van der Waals surface area (Å²) in [7, 11) is 1.54. The van der Waals surface area contributed by atoms with Crippen molar-refractivity contribution in [2.75, 3.05) is 12.9 Å². The Morgan fingerprint density at radius 1 is 1.48 bits per heavy atom. The summed E-state index contributed by atoms with van der Waals surface area (Å²) in [5.41, 5.74) is 6.76. The minimum Gasteiger partial charge on any atom is -0.495 e. The van der Waals surface area contributed by atoms with E-state index in [9.17, 15) is 9.59 Å². The van der Waals surface area contributed by atoms with Crippen LogP contribution >= 0.6 is 34.7 Å². The third-order valence-electron chi connectivity index (χ3n) is 5.02. The fourth-order valence-electron chi connectivity index (χ4n) is 3.65. The molecule has 6 nitrogen and oxygen atoms in total. The van der Waals surface area contributed by atoms with Crippen molar-refractivity contribution in [2.45, 2.75) is 31.3 Å². The number of thiophene rings is 1. The van der Waals surface area contributed by atoms with E-state index < -0.39 is 5.91 Å². The molecular weight excluding hydrogens is 430 g/mol. The zero-order valence-corrected chi connectivity index (χ0v) is 18.4. The Labute approximate surface area is 181 Å². The lowest BCUT2D eigenvalue weighted by atomic mass is 9.89. The minimum absolute atomic E-state index is 0.0168. The van der Waals surface area contributed by atoms with Crippen molar-refractivity contribution in [3.63, 3.8) is 0 Å². The van der Waals surface area contributed by atoms with Crippen LogP contribution in [0.2, 0.25) is 5.02 Å². The van der Waals surface area contributed by atoms with Gasteiger partial charge in [-0.05, 0) is 48.9 Å². The van der Waals surface area contributed by atoms with Crippen LogP contribution < -0.4 is 16.0 Å². The van der Waals surface area contributed by atoms with E-state index in [0.717, 1.165) is 36.6 Å². The molecule has 0 unspecified atom stereocenters. The van der Waals surface area contributed by atoms with Gasteiger partial charge in [-0.1, -0.05) is 30.3 Å². The van der Waals surface area contributed by atoms with Crippen LogP contribution in [-0.4, -0.2) is 28.3 Å². The Kier molecular flexibility index (Phi) is 5.59. The van der Waals surface area contributed by atoms with E-state index >= 15 is 0 Å². The lowest BCUT2D eigenvalue weighted by Crippen LogP contribution is -2.24. The first-order valence-corrected chi connectivity index (χ1v) is 11.4. The monoisotopic (exact) mass is 449 g/mol. The van der Waals surface area contributed by atoms with Crippen molar-refractivity contribution in [2.24, 2.45) is 11.7 Å². The molecule has 0 radical (unpaired) electrons. The van der Waals surface area contributed by atoms with E-state index in [0.29, 0.717) is 37.8 Å². The van der Waals surface area contributed by atoms with E-state index in [-0.39, 0.29) is 11.3 Å². The number of amides is 1. The third kappa shape index (κ3) is 3.76. The highest BCUT2D eigenvalue weighted by Crippen LogP contribution is 2.37. The Morgan fingerprint density at radius 2 is 2.28 bits per heavy atom. The van der Waals surface area contributed by atoms with Crippen molar-refractivity contribution >= 4 is 50.8 Å². The van der Waals surface area contributed by atoms with Gasteiger partial charge in [-0.15, -0.1) is 11.3 Å². The van der Waals surface area contributed by atoms with Gasteiger partial charge in [0.05, 0.1) is 23.9 Å². The summed E-state index contributed by atoms with van der Waals surface area (Å²) in [6.45, 7) is 2.23. The molecule has 1 amide bonds. The molecule has 2 heterocycles. The second-order valence-corrected chi connectivity index (χ2v) is 9.60. The fourth-order valence-corrected chi connectivity index (χ4v) is 5.99. The van der Waals surface area contributed by atoms with E-state index in [1.165, 1.54) is 16.6 Å². The van der Waals surface area contributed by atoms with Gasteiger partial charge in [0.1, 0.15) is 10.6 Å². The average molecular weight is 450 g/mol. The van der Waals surface area contributed by atoms with Crippen molar-refractivity contribution in [1.29, 1.82) is 0 Å². The van der Waals surface area contributed by atoms with Gasteiger partial charge >= 0.3 is 0 Å². The van der Waals surface area contributed by atoms with Crippen LogP contribution in [0.25, 0.3) is 15.9 Å². The molecule has 3 aromatic rings. The lowest BCUT2D eigenvalue weighted by molar-refractivity contribution is -0.115. The summed E-state index contributed by atoms with van der Waals surface area (Å²) in [4.78, 5) is 31.8. The molecule has 0 spiro atoms. The molecule has 0 bridgehead atoms. The van der Waals surface area contributed by atoms with Gasteiger partial charge in [-0.3, -0.25) is 14.2 Å². The first-order valence-electron chi connectivity index (χ1n) is 9.21. The zero-order valence-electron chi connectivity index (χ0n) is 16.0. The maximum atomic E-state index is 13.7. The SMILES string of the molecule is COc1ccc(Cl)cc1-n1c(SCC(N)=O)nc2sc3c(c2c1=O)CC[C@H](C)C3. The van der Waals surface area contributed by atoms with Crippen molar-refractivity contribution in [1.82, 2.24) is 9.55 Å². The maximum absolute atomic E-state index is 13.7. The Morgan fingerprint density at radius 3 is 3.00 bits per heavy atom. The largest absolute Gasteiger partial charge is 0.495 e. The number of carbonyl (C=O) groups is 1. The van der Waals surface area contributed by atoms with Crippen LogP contribution in [0.15, 0.2) is 28.2 Å². The number of nitrogens with two attached hydrogens (primary N) is 1. The quantitative estimate of drug-likeness (QED) is 0.472. The topological polar surface area (TPSA) is 87.2 Å². The number of rotatable bonds is 5. The number of benzene rings is 1. The molecule has 4 rings (SSSR count). The summed E-state index contributed by atoms with van der Waals surface area (Å²) in [5.74, 6) is 0.627. The summed E-state index contributed by atoms with van der Waals surface area (Å²) in [6.07, 6.45) is 2.88. The summed E-state index contributed by atoms with van der Waals surface area (Å²) < 4.78 is 6.96. The lowest BCUT2D eigenvalue weighted by Gasteiger charge is -2.18. The maximum Gasteiger partial charge on any atom is 0.267 e. The summed E-state index contributed by atoms with van der Waals surface area (Å²) >= 11 is 8.92. The first-order chi connectivity index (χ1) is 13.9. The molecule has 9 heteroatoms. The predicted octanol–water partition coefficient (Wildman–Crippen LogP) is 3.81. The van der Waals surface area contributed by atoms with E-state index in [1.807, 2.05) is 0 Å². The number of halogens is 1. The minimum atomic E-state index is -0.478. The molecule has 1 aliphatic rings. The zero-order chi connectivity index (χ0) is 20.7. The predicted molar refractivity (Wildman–Crippen MR) is 118 cm³/mol. The van der Waals surface area contributed by atoms with Crippen LogP contribution in [0, 0.1) is 5.92 Å². The number of hydrogen-bond acceptors (Lipinski definition) is 6. The number of primary amides is 1. The molecule has 1 aromatic carbocycles. The second-order valence-electron chi connectivity index (χ2n) is 7.14. The average Bonchev–Trinajstić information content (AvgIpc) is 3.03. The normalized spacial score (nSPS) is 16.0. The number of methoxy groups -OCH3 is 1. The van der Waals surface area contributed by atoms with Crippen molar-refractivity contribution in [3.05, 3.63) is 44.0 Å². The van der Waals surface area contributed by atoms with Crippen LogP contribution in [0.5, 0.6) is 5.75 Å². The van der Waals surface area contributed by atoms with Crippen molar-refractivity contribution < 1.29 is 9.53 Å². The third-order valence-corrected chi connectivity index (χ3v) is 7.37. The van der Waals surface area contributed by atoms with Gasteiger partial charge in [0, 0.05) is 9.90 Å². The van der Waals surface area contributed by atoms with Crippen LogP contribution in [0.4, 0.5) is 0 Å². The molecular formula is C20H20ClN3O3S2. The number of aryl methyl sites for hydroxylation is 1. The Hall–Kier alpha value is -2.03. The molecule has 0 aliphatic heterocycles. The number of ether oxygens (including phenoxy) is 1. The highest BCUT2D eigenvalue weighted by atomic mass is 35.5. The number of thioether (sulfide) groups is 1. The van der Waals surface area contributed by atoms with E-state index in [4.69, 9.17) is 27.1 Å². The van der Waals surface area contributed by atoms with Crippen LogP contribution in [0.1, 0.15) is 23.8 Å². The first kappa shape index (κ1) is 20.3. The van der Waals surface area contributed by atoms with Gasteiger partial charge in [0.2, 0.25) is 5.91 Å². The van der Waals surface area contributed by atoms with Gasteiger partial charge in [0.25, 0.3) is 5.56 Å². The fraction of sp³-hybridized carbons (Fsp3) is 0.350. The number of carbonyl (C=O) groups excluding carboxylic acids is 1. The summed E-state index contributed by atoms with van der Waals surface area (Å²) in [6, 6.07) is 5.08. The number of aromatic nitrogens is 2. The molecule has 2 N–H and O–H groups in total. The van der Waals surface area contributed by atoms with E-state index in [1.54, 1.807) is 29.5 Å². The number of hydrogen-bond donors (Lipinski definition) is 1. The molecule has 2 aromatic heterocycles. The molecule has 1 aliphatic carbocycles.